The summed E-state index contributed by atoms with van der Waals surface area (Å²) in [5, 5.41) is 3.35. The molecule has 2 aromatic rings. The van der Waals surface area contributed by atoms with Gasteiger partial charge in [-0.2, -0.15) is 0 Å². The average Bonchev–Trinajstić information content (AvgIpc) is 2.28. The molecule has 0 radical (unpaired) electrons. The van der Waals surface area contributed by atoms with Crippen LogP contribution in [0.3, 0.4) is 0 Å². The second kappa shape index (κ2) is 4.83. The van der Waals surface area contributed by atoms with E-state index < -0.39 is 11.5 Å². The number of hydrogen-bond donors (Lipinski definition) is 1. The normalized spacial score (nSPS) is 10.3. The summed E-state index contributed by atoms with van der Waals surface area (Å²) in [6, 6.07) is 6.42. The van der Waals surface area contributed by atoms with Gasteiger partial charge in [-0.25, -0.2) is 4.79 Å². The molecule has 0 aliphatic heterocycles. The molecule has 0 bridgehead atoms. The Morgan fingerprint density at radius 1 is 1.39 bits per heavy atom. The van der Waals surface area contributed by atoms with Crippen molar-refractivity contribution in [1.82, 2.24) is 0 Å². The predicted octanol–water partition coefficient (Wildman–Crippen LogP) is 1.63. The first-order valence-electron chi connectivity index (χ1n) is 5.38. The Balaban J connectivity index is 2.41. The third kappa shape index (κ3) is 2.45. The van der Waals surface area contributed by atoms with Gasteiger partial charge in [-0.05, 0) is 24.6 Å². The molecule has 5 heteroatoms. The third-order valence-electron chi connectivity index (χ3n) is 2.50. The van der Waals surface area contributed by atoms with E-state index in [0.29, 0.717) is 17.6 Å². The topological polar surface area (TPSA) is 76.4 Å². The predicted molar refractivity (Wildman–Crippen MR) is 66.5 cm³/mol. The highest BCUT2D eigenvalue weighted by molar-refractivity contribution is 5.99. The standard InChI is InChI=1S/C13H11NO4/c1-8-6-13(17)18-11-7-9(2-3-10(8)11)14-12(16)4-5-15/h2-3,5-7H,4H2,1H3,(H,14,16). The summed E-state index contributed by atoms with van der Waals surface area (Å²) in [6.45, 7) is 1.81. The number of hydrogen-bond acceptors (Lipinski definition) is 4. The van der Waals surface area contributed by atoms with Crippen LogP contribution in [0.25, 0.3) is 11.0 Å². The lowest BCUT2D eigenvalue weighted by Gasteiger charge is -2.05. The smallest absolute Gasteiger partial charge is 0.336 e. The minimum Gasteiger partial charge on any atom is -0.423 e. The van der Waals surface area contributed by atoms with E-state index in [2.05, 4.69) is 5.32 Å². The Kier molecular flexibility index (Phi) is 3.23. The van der Waals surface area contributed by atoms with Crippen molar-refractivity contribution in [2.75, 3.05) is 5.32 Å². The number of amides is 1. The van der Waals surface area contributed by atoms with E-state index >= 15 is 0 Å². The number of aryl methyl sites for hydroxylation is 1. The van der Waals surface area contributed by atoms with Gasteiger partial charge in [-0.15, -0.1) is 0 Å². The molecular formula is C13H11NO4. The highest BCUT2D eigenvalue weighted by atomic mass is 16.4. The molecule has 0 unspecified atom stereocenters. The van der Waals surface area contributed by atoms with Crippen LogP contribution in [-0.2, 0) is 9.59 Å². The zero-order valence-corrected chi connectivity index (χ0v) is 9.73. The second-order valence-electron chi connectivity index (χ2n) is 3.88. The quantitative estimate of drug-likeness (QED) is 0.506. The Labute approximate surface area is 102 Å². The van der Waals surface area contributed by atoms with Gasteiger partial charge in [0.05, 0.1) is 6.42 Å². The number of anilines is 1. The minimum absolute atomic E-state index is 0.199. The summed E-state index contributed by atoms with van der Waals surface area (Å²) < 4.78 is 5.05. The lowest BCUT2D eigenvalue weighted by atomic mass is 10.1. The molecule has 1 N–H and O–H groups in total. The van der Waals surface area contributed by atoms with Crippen LogP contribution < -0.4 is 10.9 Å². The molecule has 2 rings (SSSR count). The van der Waals surface area contributed by atoms with E-state index in [4.69, 9.17) is 4.42 Å². The van der Waals surface area contributed by atoms with E-state index in [0.717, 1.165) is 10.9 Å². The van der Waals surface area contributed by atoms with E-state index in [-0.39, 0.29) is 6.42 Å². The van der Waals surface area contributed by atoms with Crippen molar-refractivity contribution in [2.24, 2.45) is 0 Å². The number of rotatable bonds is 3. The van der Waals surface area contributed by atoms with Gasteiger partial charge in [0, 0.05) is 23.2 Å². The van der Waals surface area contributed by atoms with Gasteiger partial charge in [0.1, 0.15) is 11.9 Å². The highest BCUT2D eigenvalue weighted by Gasteiger charge is 2.05. The summed E-state index contributed by atoms with van der Waals surface area (Å²) in [4.78, 5) is 32.7. The van der Waals surface area contributed by atoms with Crippen molar-refractivity contribution < 1.29 is 14.0 Å². The first-order valence-corrected chi connectivity index (χ1v) is 5.38. The third-order valence-corrected chi connectivity index (χ3v) is 2.50. The fraction of sp³-hybridized carbons (Fsp3) is 0.154. The molecule has 92 valence electrons. The van der Waals surface area contributed by atoms with Gasteiger partial charge >= 0.3 is 5.63 Å². The van der Waals surface area contributed by atoms with Crippen molar-refractivity contribution in [1.29, 1.82) is 0 Å². The van der Waals surface area contributed by atoms with Crippen molar-refractivity contribution in [2.45, 2.75) is 13.3 Å². The molecule has 1 heterocycles. The van der Waals surface area contributed by atoms with Crippen LogP contribution >= 0.6 is 0 Å². The van der Waals surface area contributed by atoms with E-state index in [1.807, 2.05) is 6.92 Å². The minimum atomic E-state index is -0.434. The van der Waals surface area contributed by atoms with E-state index in [1.54, 1.807) is 18.2 Å². The summed E-state index contributed by atoms with van der Waals surface area (Å²) in [5.41, 5.74) is 1.27. The lowest BCUT2D eigenvalue weighted by molar-refractivity contribution is -0.119. The van der Waals surface area contributed by atoms with Crippen LogP contribution in [0.5, 0.6) is 0 Å². The van der Waals surface area contributed by atoms with Crippen molar-refractivity contribution >= 4 is 28.8 Å². The van der Waals surface area contributed by atoms with Crippen LogP contribution in [0.15, 0.2) is 33.5 Å². The summed E-state index contributed by atoms with van der Waals surface area (Å²) in [5.74, 6) is -0.403. The maximum Gasteiger partial charge on any atom is 0.336 e. The number of benzene rings is 1. The number of nitrogens with one attached hydrogen (secondary N) is 1. The average molecular weight is 245 g/mol. The van der Waals surface area contributed by atoms with Crippen LogP contribution in [-0.4, -0.2) is 12.2 Å². The number of fused-ring (bicyclic) bond motifs is 1. The Morgan fingerprint density at radius 3 is 2.89 bits per heavy atom. The van der Waals surface area contributed by atoms with Gasteiger partial charge in [0.15, 0.2) is 0 Å². The van der Waals surface area contributed by atoms with E-state index in [1.165, 1.54) is 6.07 Å². The fourth-order valence-corrected chi connectivity index (χ4v) is 1.69. The first kappa shape index (κ1) is 12.0. The lowest BCUT2D eigenvalue weighted by Crippen LogP contribution is -2.11. The van der Waals surface area contributed by atoms with Gasteiger partial charge in [-0.1, -0.05) is 0 Å². The number of aldehydes is 1. The van der Waals surface area contributed by atoms with Crippen LogP contribution in [0, 0.1) is 6.92 Å². The number of carbonyl (C=O) groups is 2. The number of carbonyl (C=O) groups excluding carboxylic acids is 2. The SMILES string of the molecule is Cc1cc(=O)oc2cc(NC(=O)CC=O)ccc12. The van der Waals surface area contributed by atoms with Crippen LogP contribution in [0.2, 0.25) is 0 Å². The zero-order valence-electron chi connectivity index (χ0n) is 9.73. The van der Waals surface area contributed by atoms with Crippen molar-refractivity contribution in [3.63, 3.8) is 0 Å². The zero-order chi connectivity index (χ0) is 13.1. The second-order valence-corrected chi connectivity index (χ2v) is 3.88. The molecule has 1 amide bonds. The summed E-state index contributed by atoms with van der Waals surface area (Å²) in [7, 11) is 0. The van der Waals surface area contributed by atoms with Gasteiger partial charge in [0.25, 0.3) is 0 Å². The molecular weight excluding hydrogens is 234 g/mol. The Hall–Kier alpha value is -2.43. The highest BCUT2D eigenvalue weighted by Crippen LogP contribution is 2.20. The molecule has 1 aromatic carbocycles. The summed E-state index contributed by atoms with van der Waals surface area (Å²) in [6.07, 6.45) is 0.330. The fourth-order valence-electron chi connectivity index (χ4n) is 1.69. The Bertz CT molecular complexity index is 672. The van der Waals surface area contributed by atoms with Crippen molar-refractivity contribution in [3.05, 3.63) is 40.2 Å². The molecule has 0 atom stereocenters. The maximum atomic E-state index is 11.2. The van der Waals surface area contributed by atoms with Crippen LogP contribution in [0.1, 0.15) is 12.0 Å². The first-order chi connectivity index (χ1) is 8.60. The molecule has 0 saturated heterocycles. The monoisotopic (exact) mass is 245 g/mol. The van der Waals surface area contributed by atoms with Gasteiger partial charge in [-0.3, -0.25) is 4.79 Å². The molecule has 0 aliphatic carbocycles. The van der Waals surface area contributed by atoms with Gasteiger partial charge < -0.3 is 14.5 Å². The molecule has 18 heavy (non-hydrogen) atoms. The molecule has 0 saturated carbocycles. The molecule has 1 aromatic heterocycles. The maximum absolute atomic E-state index is 11.2. The Morgan fingerprint density at radius 2 is 2.17 bits per heavy atom. The largest absolute Gasteiger partial charge is 0.423 e. The van der Waals surface area contributed by atoms with Crippen LogP contribution in [0.4, 0.5) is 5.69 Å². The van der Waals surface area contributed by atoms with Crippen molar-refractivity contribution in [3.8, 4) is 0 Å². The molecule has 0 fully saturated rings. The molecule has 0 aliphatic rings. The van der Waals surface area contributed by atoms with E-state index in [9.17, 15) is 14.4 Å². The van der Waals surface area contributed by atoms with Gasteiger partial charge in [0.2, 0.25) is 5.91 Å². The molecule has 5 nitrogen and oxygen atoms in total. The summed E-state index contributed by atoms with van der Waals surface area (Å²) >= 11 is 0. The molecule has 0 spiro atoms.